The fourth-order valence-electron chi connectivity index (χ4n) is 1.42. The molecule has 2 aromatic carbocycles. The lowest BCUT2D eigenvalue weighted by molar-refractivity contribution is 0.463. The second-order valence-electron chi connectivity index (χ2n) is 3.06. The monoisotopic (exact) mass is 222 g/mol. The van der Waals surface area contributed by atoms with Crippen LogP contribution in [0.4, 0.5) is 0 Å². The topological polar surface area (TPSA) is 20.2 Å². The molecule has 1 nitrogen and oxygen atoms in total. The van der Waals surface area contributed by atoms with Crippen LogP contribution in [0.3, 0.4) is 0 Å². The van der Waals surface area contributed by atoms with E-state index in [1.165, 1.54) is 0 Å². The summed E-state index contributed by atoms with van der Waals surface area (Å²) in [7, 11) is 0. The molecule has 0 aliphatic heterocycles. The molecule has 14 heavy (non-hydrogen) atoms. The average Bonchev–Trinajstić information content (AvgIpc) is 2.16. The zero-order valence-electron chi connectivity index (χ0n) is 7.69. The first-order valence-electron chi connectivity index (χ1n) is 4.20. The lowest BCUT2D eigenvalue weighted by Crippen LogP contribution is -1.77. The molecule has 0 aromatic heterocycles. The van der Waals surface area contributed by atoms with Crippen molar-refractivity contribution in [3.63, 3.8) is 0 Å². The molecular formula is C11H10OS2. The molecule has 0 bridgehead atoms. The van der Waals surface area contributed by atoms with Gasteiger partial charge in [-0.1, -0.05) is 6.07 Å². The Hall–Kier alpha value is -0.800. The summed E-state index contributed by atoms with van der Waals surface area (Å²) in [5, 5.41) is 11.8. The molecular weight excluding hydrogens is 212 g/mol. The van der Waals surface area contributed by atoms with Crippen LogP contribution in [0.5, 0.6) is 5.75 Å². The number of phenols is 1. The highest BCUT2D eigenvalue weighted by atomic mass is 32.2. The zero-order chi connectivity index (χ0) is 10.1. The maximum absolute atomic E-state index is 9.65. The molecule has 1 N–H and O–H groups in total. The van der Waals surface area contributed by atoms with Gasteiger partial charge in [0.15, 0.2) is 0 Å². The summed E-state index contributed by atoms with van der Waals surface area (Å²) in [6.45, 7) is 0. The maximum atomic E-state index is 9.65. The summed E-state index contributed by atoms with van der Waals surface area (Å²) in [5.41, 5.74) is 0. The molecule has 72 valence electrons. The lowest BCUT2D eigenvalue weighted by Gasteiger charge is -2.04. The van der Waals surface area contributed by atoms with Crippen LogP contribution in [-0.2, 0) is 0 Å². The Morgan fingerprint density at radius 1 is 1.14 bits per heavy atom. The van der Waals surface area contributed by atoms with Crippen LogP contribution < -0.4 is 0 Å². The first kappa shape index (κ1) is 9.74. The Kier molecular flexibility index (Phi) is 2.61. The Balaban J connectivity index is 2.73. The van der Waals surface area contributed by atoms with Crippen LogP contribution in [-0.4, -0.2) is 11.4 Å². The van der Waals surface area contributed by atoms with Gasteiger partial charge in [-0.2, -0.15) is 0 Å². The molecule has 0 atom stereocenters. The molecule has 2 rings (SSSR count). The first-order chi connectivity index (χ1) is 6.70. The predicted octanol–water partition coefficient (Wildman–Crippen LogP) is 3.56. The van der Waals surface area contributed by atoms with E-state index in [0.29, 0.717) is 5.75 Å². The second-order valence-corrected chi connectivity index (χ2v) is 4.42. The summed E-state index contributed by atoms with van der Waals surface area (Å²) in [6.07, 6.45) is 1.95. The standard InChI is InChI=1S/C11H10OS2/c1-14-11-6-7-2-3-9(13)4-8(7)5-10(11)12/h2-6,12-13H,1H3. The van der Waals surface area contributed by atoms with Crippen molar-refractivity contribution in [1.29, 1.82) is 0 Å². The molecule has 3 heteroatoms. The summed E-state index contributed by atoms with van der Waals surface area (Å²) < 4.78 is 0. The maximum Gasteiger partial charge on any atom is 0.129 e. The van der Waals surface area contributed by atoms with Gasteiger partial charge in [0.25, 0.3) is 0 Å². The van der Waals surface area contributed by atoms with E-state index in [9.17, 15) is 5.11 Å². The number of thioether (sulfide) groups is 1. The molecule has 0 unspecified atom stereocenters. The lowest BCUT2D eigenvalue weighted by atomic mass is 10.1. The van der Waals surface area contributed by atoms with Gasteiger partial charge in [0.05, 0.1) is 0 Å². The SMILES string of the molecule is CSc1cc2ccc(S)cc2cc1O. The van der Waals surface area contributed by atoms with Crippen LogP contribution in [0, 0.1) is 0 Å². The predicted molar refractivity (Wildman–Crippen MR) is 64.6 cm³/mol. The van der Waals surface area contributed by atoms with Crippen LogP contribution in [0.2, 0.25) is 0 Å². The quantitative estimate of drug-likeness (QED) is 0.568. The van der Waals surface area contributed by atoms with Crippen LogP contribution in [0.15, 0.2) is 40.1 Å². The van der Waals surface area contributed by atoms with Crippen LogP contribution >= 0.6 is 24.4 Å². The zero-order valence-corrected chi connectivity index (χ0v) is 9.40. The van der Waals surface area contributed by atoms with Gasteiger partial charge in [-0.25, -0.2) is 0 Å². The third-order valence-corrected chi connectivity index (χ3v) is 3.17. The summed E-state index contributed by atoms with van der Waals surface area (Å²) in [6, 6.07) is 9.68. The van der Waals surface area contributed by atoms with E-state index in [-0.39, 0.29) is 0 Å². The summed E-state index contributed by atoms with van der Waals surface area (Å²) in [4.78, 5) is 1.82. The van der Waals surface area contributed by atoms with E-state index in [2.05, 4.69) is 12.6 Å². The normalized spacial score (nSPS) is 10.7. The minimum absolute atomic E-state index is 0.337. The highest BCUT2D eigenvalue weighted by Gasteiger charge is 2.02. The minimum Gasteiger partial charge on any atom is -0.507 e. The molecule has 0 aliphatic rings. The minimum atomic E-state index is 0.337. The molecule has 0 fully saturated rings. The van der Waals surface area contributed by atoms with Crippen molar-refractivity contribution < 1.29 is 5.11 Å². The van der Waals surface area contributed by atoms with Gasteiger partial charge < -0.3 is 5.11 Å². The van der Waals surface area contributed by atoms with Crippen molar-refractivity contribution >= 4 is 35.2 Å². The van der Waals surface area contributed by atoms with Crippen molar-refractivity contribution in [2.45, 2.75) is 9.79 Å². The van der Waals surface area contributed by atoms with Gasteiger partial charge in [-0.3, -0.25) is 0 Å². The number of hydrogen-bond acceptors (Lipinski definition) is 3. The van der Waals surface area contributed by atoms with E-state index in [0.717, 1.165) is 20.6 Å². The molecule has 0 amide bonds. The van der Waals surface area contributed by atoms with Gasteiger partial charge in [0, 0.05) is 9.79 Å². The number of rotatable bonds is 1. The van der Waals surface area contributed by atoms with Gasteiger partial charge >= 0.3 is 0 Å². The smallest absolute Gasteiger partial charge is 0.129 e. The third-order valence-electron chi connectivity index (χ3n) is 2.12. The fraction of sp³-hybridized carbons (Fsp3) is 0.0909. The van der Waals surface area contributed by atoms with E-state index in [1.54, 1.807) is 17.8 Å². The molecule has 0 aliphatic carbocycles. The first-order valence-corrected chi connectivity index (χ1v) is 5.87. The van der Waals surface area contributed by atoms with Crippen LogP contribution in [0.1, 0.15) is 0 Å². The molecule has 0 saturated heterocycles. The Morgan fingerprint density at radius 3 is 2.64 bits per heavy atom. The fourth-order valence-corrected chi connectivity index (χ4v) is 2.14. The van der Waals surface area contributed by atoms with E-state index >= 15 is 0 Å². The Morgan fingerprint density at radius 2 is 1.93 bits per heavy atom. The highest BCUT2D eigenvalue weighted by molar-refractivity contribution is 7.98. The Labute approximate surface area is 92.6 Å². The van der Waals surface area contributed by atoms with Crippen LogP contribution in [0.25, 0.3) is 10.8 Å². The molecule has 0 saturated carbocycles. The molecule has 0 radical (unpaired) electrons. The summed E-state index contributed by atoms with van der Waals surface area (Å²) in [5.74, 6) is 0.337. The van der Waals surface area contributed by atoms with Crippen molar-refractivity contribution in [3.05, 3.63) is 30.3 Å². The molecule has 0 spiro atoms. The van der Waals surface area contributed by atoms with Gasteiger partial charge in [0.1, 0.15) is 5.75 Å². The van der Waals surface area contributed by atoms with Crippen molar-refractivity contribution in [1.82, 2.24) is 0 Å². The van der Waals surface area contributed by atoms with Crippen molar-refractivity contribution in [3.8, 4) is 5.75 Å². The average molecular weight is 222 g/mol. The highest BCUT2D eigenvalue weighted by Crippen LogP contribution is 2.32. The number of aromatic hydroxyl groups is 1. The number of benzene rings is 2. The second kappa shape index (κ2) is 3.75. The van der Waals surface area contributed by atoms with Gasteiger partial charge in [-0.15, -0.1) is 24.4 Å². The molecule has 0 heterocycles. The Bertz CT molecular complexity index is 480. The third kappa shape index (κ3) is 1.70. The van der Waals surface area contributed by atoms with Crippen molar-refractivity contribution in [2.24, 2.45) is 0 Å². The van der Waals surface area contributed by atoms with Crippen molar-refractivity contribution in [2.75, 3.05) is 6.26 Å². The van der Waals surface area contributed by atoms with E-state index in [4.69, 9.17) is 0 Å². The van der Waals surface area contributed by atoms with E-state index < -0.39 is 0 Å². The number of phenolic OH excluding ortho intramolecular Hbond substituents is 1. The molecule has 2 aromatic rings. The van der Waals surface area contributed by atoms with E-state index in [1.807, 2.05) is 30.5 Å². The number of thiol groups is 1. The van der Waals surface area contributed by atoms with Gasteiger partial charge in [0.2, 0.25) is 0 Å². The largest absolute Gasteiger partial charge is 0.507 e. The number of hydrogen-bond donors (Lipinski definition) is 2. The van der Waals surface area contributed by atoms with Gasteiger partial charge in [-0.05, 0) is 41.3 Å². The summed E-state index contributed by atoms with van der Waals surface area (Å²) >= 11 is 5.80. The number of fused-ring (bicyclic) bond motifs is 1.